The highest BCUT2D eigenvalue weighted by atomic mass is 35.5. The lowest BCUT2D eigenvalue weighted by Gasteiger charge is -2.24. The number of carboxylic acid groups (broad SMARTS) is 1. The van der Waals surface area contributed by atoms with Crippen LogP contribution in [0.3, 0.4) is 0 Å². The van der Waals surface area contributed by atoms with Crippen LogP contribution in [0.1, 0.15) is 25.7 Å². The van der Waals surface area contributed by atoms with Gasteiger partial charge >= 0.3 is 12.0 Å². The van der Waals surface area contributed by atoms with Crippen molar-refractivity contribution in [3.05, 3.63) is 29.0 Å². The summed E-state index contributed by atoms with van der Waals surface area (Å²) in [6.07, 6.45) is 2.82. The van der Waals surface area contributed by atoms with E-state index in [1.54, 1.807) is 0 Å². The highest BCUT2D eigenvalue weighted by Gasteiger charge is 2.41. The number of rotatable bonds is 4. The molecule has 2 amide bonds. The zero-order valence-electron chi connectivity index (χ0n) is 11.3. The van der Waals surface area contributed by atoms with Gasteiger partial charge in [-0.1, -0.05) is 24.4 Å². The summed E-state index contributed by atoms with van der Waals surface area (Å²) >= 11 is 5.62. The zero-order valence-corrected chi connectivity index (χ0v) is 12.0. The van der Waals surface area contributed by atoms with Crippen LogP contribution in [0.5, 0.6) is 0 Å². The summed E-state index contributed by atoms with van der Waals surface area (Å²) in [6.45, 7) is 0.0725. The number of benzene rings is 1. The van der Waals surface area contributed by atoms with Gasteiger partial charge in [-0.15, -0.1) is 0 Å². The predicted molar refractivity (Wildman–Crippen MR) is 77.0 cm³/mol. The van der Waals surface area contributed by atoms with Gasteiger partial charge in [0.1, 0.15) is 5.82 Å². The molecule has 114 valence electrons. The van der Waals surface area contributed by atoms with Crippen LogP contribution in [0.2, 0.25) is 5.02 Å². The van der Waals surface area contributed by atoms with E-state index < -0.39 is 23.2 Å². The van der Waals surface area contributed by atoms with Gasteiger partial charge in [0.25, 0.3) is 0 Å². The molecule has 0 unspecified atom stereocenters. The van der Waals surface area contributed by atoms with Gasteiger partial charge in [0.15, 0.2) is 0 Å². The van der Waals surface area contributed by atoms with Gasteiger partial charge in [0.05, 0.1) is 10.4 Å². The number of urea groups is 1. The van der Waals surface area contributed by atoms with Gasteiger partial charge in [0.2, 0.25) is 0 Å². The Morgan fingerprint density at radius 3 is 2.57 bits per heavy atom. The number of hydrogen-bond acceptors (Lipinski definition) is 2. The molecule has 0 radical (unpaired) electrons. The Balaban J connectivity index is 1.92. The maximum absolute atomic E-state index is 13.0. The molecule has 0 bridgehead atoms. The van der Waals surface area contributed by atoms with Crippen molar-refractivity contribution in [2.24, 2.45) is 5.41 Å². The van der Waals surface area contributed by atoms with Gasteiger partial charge in [0, 0.05) is 12.2 Å². The topological polar surface area (TPSA) is 78.4 Å². The Kier molecular flexibility index (Phi) is 4.67. The van der Waals surface area contributed by atoms with E-state index in [4.69, 9.17) is 11.6 Å². The molecule has 1 aliphatic rings. The molecule has 1 aliphatic carbocycles. The number of carbonyl (C=O) groups excluding carboxylic acids is 1. The monoisotopic (exact) mass is 314 g/mol. The molecule has 1 saturated carbocycles. The fourth-order valence-electron chi connectivity index (χ4n) is 2.52. The smallest absolute Gasteiger partial charge is 0.319 e. The van der Waals surface area contributed by atoms with Gasteiger partial charge in [-0.2, -0.15) is 0 Å². The van der Waals surface area contributed by atoms with Gasteiger partial charge in [-0.3, -0.25) is 4.79 Å². The van der Waals surface area contributed by atoms with Crippen molar-refractivity contribution in [2.45, 2.75) is 25.7 Å². The van der Waals surface area contributed by atoms with Crippen LogP contribution in [0.4, 0.5) is 14.9 Å². The Bertz CT molecular complexity index is 559. The number of nitrogens with one attached hydrogen (secondary N) is 2. The molecule has 0 spiro atoms. The van der Waals surface area contributed by atoms with Crippen LogP contribution in [0.25, 0.3) is 0 Å². The second kappa shape index (κ2) is 6.30. The lowest BCUT2D eigenvalue weighted by molar-refractivity contribution is -0.148. The lowest BCUT2D eigenvalue weighted by atomic mass is 9.86. The summed E-state index contributed by atoms with van der Waals surface area (Å²) in [6, 6.07) is 3.28. The molecule has 1 fully saturated rings. The average molecular weight is 315 g/mol. The van der Waals surface area contributed by atoms with Crippen molar-refractivity contribution < 1.29 is 19.1 Å². The van der Waals surface area contributed by atoms with E-state index in [-0.39, 0.29) is 11.6 Å². The predicted octanol–water partition coefficient (Wildman–Crippen LogP) is 3.25. The fraction of sp³-hybridized carbons (Fsp3) is 0.429. The molecule has 1 aromatic rings. The normalized spacial score (nSPS) is 16.5. The molecule has 7 heteroatoms. The molecule has 21 heavy (non-hydrogen) atoms. The number of hydrogen-bond donors (Lipinski definition) is 3. The molecule has 0 saturated heterocycles. The minimum Gasteiger partial charge on any atom is -0.481 e. The van der Waals surface area contributed by atoms with Crippen molar-refractivity contribution in [2.75, 3.05) is 11.9 Å². The molecular formula is C14H16ClFN2O3. The standard InChI is InChI=1S/C14H16ClFN2O3/c15-10-7-9(3-4-11(10)16)18-13(21)17-8-14(12(19)20)5-1-2-6-14/h3-4,7H,1-2,5-6,8H2,(H,19,20)(H2,17,18,21). The van der Waals surface area contributed by atoms with Gasteiger partial charge in [-0.05, 0) is 31.0 Å². The number of halogens is 2. The molecule has 3 N–H and O–H groups in total. The molecule has 0 aliphatic heterocycles. The van der Waals surface area contributed by atoms with E-state index in [0.29, 0.717) is 18.5 Å². The van der Waals surface area contributed by atoms with Crippen molar-refractivity contribution in [1.82, 2.24) is 5.32 Å². The Morgan fingerprint density at radius 2 is 2.00 bits per heavy atom. The van der Waals surface area contributed by atoms with Crippen LogP contribution >= 0.6 is 11.6 Å². The van der Waals surface area contributed by atoms with Crippen LogP contribution in [0.15, 0.2) is 18.2 Å². The first-order valence-corrected chi connectivity index (χ1v) is 7.04. The van der Waals surface area contributed by atoms with E-state index in [1.165, 1.54) is 12.1 Å². The molecule has 5 nitrogen and oxygen atoms in total. The number of carboxylic acids is 1. The van der Waals surface area contributed by atoms with Gasteiger partial charge in [-0.25, -0.2) is 9.18 Å². The van der Waals surface area contributed by atoms with E-state index >= 15 is 0 Å². The maximum atomic E-state index is 13.0. The van der Waals surface area contributed by atoms with Crippen molar-refractivity contribution in [3.63, 3.8) is 0 Å². The zero-order chi connectivity index (χ0) is 15.5. The van der Waals surface area contributed by atoms with Gasteiger partial charge < -0.3 is 15.7 Å². The average Bonchev–Trinajstić information content (AvgIpc) is 2.91. The minimum absolute atomic E-state index is 0.0725. The molecule has 0 heterocycles. The third-order valence-electron chi connectivity index (χ3n) is 3.78. The fourth-order valence-corrected chi connectivity index (χ4v) is 2.70. The molecular weight excluding hydrogens is 299 g/mol. The SMILES string of the molecule is O=C(NCC1(C(=O)O)CCCC1)Nc1ccc(F)c(Cl)c1. The highest BCUT2D eigenvalue weighted by Crippen LogP contribution is 2.37. The first kappa shape index (κ1) is 15.6. The summed E-state index contributed by atoms with van der Waals surface area (Å²) in [5.41, 5.74) is -0.535. The summed E-state index contributed by atoms with van der Waals surface area (Å²) in [4.78, 5) is 23.1. The summed E-state index contributed by atoms with van der Waals surface area (Å²) in [5.74, 6) is -1.46. The van der Waals surface area contributed by atoms with E-state index in [1.807, 2.05) is 0 Å². The molecule has 0 aromatic heterocycles. The first-order chi connectivity index (χ1) is 9.93. The Morgan fingerprint density at radius 1 is 1.33 bits per heavy atom. The minimum atomic E-state index is -0.884. The van der Waals surface area contributed by atoms with Crippen LogP contribution in [0, 0.1) is 11.2 Å². The van der Waals surface area contributed by atoms with E-state index in [9.17, 15) is 19.1 Å². The lowest BCUT2D eigenvalue weighted by Crippen LogP contribution is -2.42. The Labute approximate surface area is 126 Å². The highest BCUT2D eigenvalue weighted by molar-refractivity contribution is 6.31. The second-order valence-electron chi connectivity index (χ2n) is 5.23. The third kappa shape index (κ3) is 3.64. The second-order valence-corrected chi connectivity index (χ2v) is 5.64. The van der Waals surface area contributed by atoms with Crippen molar-refractivity contribution >= 4 is 29.3 Å². The third-order valence-corrected chi connectivity index (χ3v) is 4.07. The first-order valence-electron chi connectivity index (χ1n) is 6.66. The summed E-state index contributed by atoms with van der Waals surface area (Å²) in [7, 11) is 0. The molecule has 0 atom stereocenters. The molecule has 1 aromatic carbocycles. The number of carbonyl (C=O) groups is 2. The number of aliphatic carboxylic acids is 1. The maximum Gasteiger partial charge on any atom is 0.319 e. The van der Waals surface area contributed by atoms with Crippen LogP contribution < -0.4 is 10.6 Å². The molecule has 2 rings (SSSR count). The largest absolute Gasteiger partial charge is 0.481 e. The van der Waals surface area contributed by atoms with E-state index in [0.717, 1.165) is 18.9 Å². The number of amides is 2. The summed E-state index contributed by atoms with van der Waals surface area (Å²) in [5, 5.41) is 14.3. The number of anilines is 1. The van der Waals surface area contributed by atoms with Crippen molar-refractivity contribution in [3.8, 4) is 0 Å². The van der Waals surface area contributed by atoms with Crippen molar-refractivity contribution in [1.29, 1.82) is 0 Å². The Hall–Kier alpha value is -1.82. The summed E-state index contributed by atoms with van der Waals surface area (Å²) < 4.78 is 13.0. The van der Waals surface area contributed by atoms with Crippen LogP contribution in [-0.2, 0) is 4.79 Å². The van der Waals surface area contributed by atoms with E-state index in [2.05, 4.69) is 10.6 Å². The quantitative estimate of drug-likeness (QED) is 0.798. The van der Waals surface area contributed by atoms with Crippen LogP contribution in [-0.4, -0.2) is 23.7 Å².